The molecule has 2 unspecified atom stereocenters. The summed E-state index contributed by atoms with van der Waals surface area (Å²) in [5.74, 6) is 1.82. The van der Waals surface area contributed by atoms with Crippen molar-refractivity contribution in [2.75, 3.05) is 26.8 Å². The molecule has 2 heteroatoms. The topological polar surface area (TPSA) is 21.3 Å². The molecule has 2 nitrogen and oxygen atoms in total. The van der Waals surface area contributed by atoms with E-state index >= 15 is 0 Å². The van der Waals surface area contributed by atoms with Crippen molar-refractivity contribution in [1.82, 2.24) is 5.32 Å². The Morgan fingerprint density at radius 1 is 1.11 bits per heavy atom. The van der Waals surface area contributed by atoms with E-state index in [2.05, 4.69) is 26.1 Å². The molecule has 2 aliphatic rings. The molecule has 0 bridgehead atoms. The zero-order valence-electron chi connectivity index (χ0n) is 12.7. The molecule has 0 aromatic rings. The zero-order valence-corrected chi connectivity index (χ0v) is 12.7. The van der Waals surface area contributed by atoms with E-state index in [0.29, 0.717) is 10.8 Å². The summed E-state index contributed by atoms with van der Waals surface area (Å²) < 4.78 is 5.10. The van der Waals surface area contributed by atoms with Crippen LogP contribution in [0.4, 0.5) is 0 Å². The first-order chi connectivity index (χ1) is 8.55. The van der Waals surface area contributed by atoms with Crippen LogP contribution in [0.1, 0.15) is 52.9 Å². The molecule has 2 rings (SSSR count). The van der Waals surface area contributed by atoms with Crippen molar-refractivity contribution < 1.29 is 4.74 Å². The predicted molar refractivity (Wildman–Crippen MR) is 76.7 cm³/mol. The van der Waals surface area contributed by atoms with E-state index in [1.807, 2.05) is 0 Å². The van der Waals surface area contributed by atoms with Crippen molar-refractivity contribution >= 4 is 0 Å². The molecule has 2 fully saturated rings. The summed E-state index contributed by atoms with van der Waals surface area (Å²) in [6.07, 6.45) is 7.31. The quantitative estimate of drug-likeness (QED) is 0.732. The summed E-state index contributed by atoms with van der Waals surface area (Å²) in [5, 5.41) is 3.57. The fraction of sp³-hybridized carbons (Fsp3) is 1.00. The summed E-state index contributed by atoms with van der Waals surface area (Å²) in [6.45, 7) is 10.5. The minimum atomic E-state index is 0.523. The van der Waals surface area contributed by atoms with Gasteiger partial charge in [0.1, 0.15) is 0 Å². The fourth-order valence-corrected chi connectivity index (χ4v) is 4.54. The third-order valence-corrected chi connectivity index (χ3v) is 6.18. The van der Waals surface area contributed by atoms with Gasteiger partial charge in [-0.05, 0) is 42.1 Å². The average Bonchev–Trinajstić information content (AvgIpc) is 2.82. The fourth-order valence-electron chi connectivity index (χ4n) is 4.54. The third-order valence-electron chi connectivity index (χ3n) is 6.18. The summed E-state index contributed by atoms with van der Waals surface area (Å²) in [4.78, 5) is 0. The molecule has 106 valence electrons. The summed E-state index contributed by atoms with van der Waals surface area (Å²) in [5.41, 5.74) is 1.10. The molecule has 0 amide bonds. The number of rotatable bonds is 6. The largest absolute Gasteiger partial charge is 0.383 e. The number of hydrogen-bond donors (Lipinski definition) is 1. The summed E-state index contributed by atoms with van der Waals surface area (Å²) >= 11 is 0. The van der Waals surface area contributed by atoms with Crippen LogP contribution in [0, 0.1) is 22.7 Å². The molecular weight excluding hydrogens is 222 g/mol. The Labute approximate surface area is 113 Å². The third kappa shape index (κ3) is 2.34. The van der Waals surface area contributed by atoms with E-state index in [1.165, 1.54) is 38.6 Å². The lowest BCUT2D eigenvalue weighted by atomic mass is 9.75. The molecule has 0 aromatic heterocycles. The van der Waals surface area contributed by atoms with Crippen LogP contribution >= 0.6 is 0 Å². The standard InChI is InChI=1S/C16H31NO/c1-15(2)14(12-17-10-11-18-4)16(15,3)13-8-6-5-7-9-13/h13-14,17H,5-12H2,1-4H3. The Hall–Kier alpha value is -0.0800. The molecule has 0 aromatic carbocycles. The number of methoxy groups -OCH3 is 1. The first kappa shape index (κ1) is 14.3. The van der Waals surface area contributed by atoms with Gasteiger partial charge in [0.05, 0.1) is 6.61 Å². The average molecular weight is 253 g/mol. The van der Waals surface area contributed by atoms with Crippen molar-refractivity contribution in [3.05, 3.63) is 0 Å². The molecule has 0 heterocycles. The van der Waals surface area contributed by atoms with Gasteiger partial charge >= 0.3 is 0 Å². The first-order valence-electron chi connectivity index (χ1n) is 7.74. The van der Waals surface area contributed by atoms with Crippen molar-refractivity contribution in [1.29, 1.82) is 0 Å². The van der Waals surface area contributed by atoms with Gasteiger partial charge < -0.3 is 10.1 Å². The van der Waals surface area contributed by atoms with Crippen LogP contribution in [0.3, 0.4) is 0 Å². The summed E-state index contributed by atoms with van der Waals surface area (Å²) in [7, 11) is 1.77. The van der Waals surface area contributed by atoms with E-state index in [4.69, 9.17) is 4.74 Å². The number of nitrogens with one attached hydrogen (secondary N) is 1. The Kier molecular flexibility index (Phi) is 4.38. The van der Waals surface area contributed by atoms with Crippen molar-refractivity contribution in [2.24, 2.45) is 22.7 Å². The van der Waals surface area contributed by atoms with E-state index in [0.717, 1.165) is 25.0 Å². The van der Waals surface area contributed by atoms with Gasteiger partial charge in [-0.2, -0.15) is 0 Å². The molecule has 0 spiro atoms. The van der Waals surface area contributed by atoms with Crippen molar-refractivity contribution in [2.45, 2.75) is 52.9 Å². The maximum Gasteiger partial charge on any atom is 0.0587 e. The van der Waals surface area contributed by atoms with Gasteiger partial charge in [0.15, 0.2) is 0 Å². The van der Waals surface area contributed by atoms with Crippen molar-refractivity contribution in [3.8, 4) is 0 Å². The second-order valence-electron chi connectivity index (χ2n) is 7.09. The van der Waals surface area contributed by atoms with Crippen LogP contribution in [0.2, 0.25) is 0 Å². The van der Waals surface area contributed by atoms with Crippen LogP contribution in [0.5, 0.6) is 0 Å². The maximum absolute atomic E-state index is 5.10. The highest BCUT2D eigenvalue weighted by Crippen LogP contribution is 2.73. The van der Waals surface area contributed by atoms with Crippen LogP contribution < -0.4 is 5.32 Å². The van der Waals surface area contributed by atoms with Gasteiger partial charge in [-0.15, -0.1) is 0 Å². The van der Waals surface area contributed by atoms with Gasteiger partial charge in [-0.3, -0.25) is 0 Å². The Balaban J connectivity index is 1.87. The van der Waals surface area contributed by atoms with E-state index in [9.17, 15) is 0 Å². The number of hydrogen-bond acceptors (Lipinski definition) is 2. The van der Waals surface area contributed by atoms with Gasteiger partial charge in [0.2, 0.25) is 0 Å². The van der Waals surface area contributed by atoms with E-state index < -0.39 is 0 Å². The molecular formula is C16H31NO. The monoisotopic (exact) mass is 253 g/mol. The SMILES string of the molecule is COCCNCC1C(C)(C)C1(C)C1CCCCC1. The lowest BCUT2D eigenvalue weighted by molar-refractivity contribution is 0.190. The Morgan fingerprint density at radius 2 is 1.78 bits per heavy atom. The highest BCUT2D eigenvalue weighted by Gasteiger charge is 2.69. The van der Waals surface area contributed by atoms with Gasteiger partial charge in [0.25, 0.3) is 0 Å². The zero-order chi connectivity index (χ0) is 13.2. The second kappa shape index (κ2) is 5.50. The van der Waals surface area contributed by atoms with E-state index in [1.54, 1.807) is 7.11 Å². The second-order valence-corrected chi connectivity index (χ2v) is 7.09. The molecule has 0 radical (unpaired) electrons. The van der Waals surface area contributed by atoms with Crippen LogP contribution in [-0.4, -0.2) is 26.8 Å². The first-order valence-corrected chi connectivity index (χ1v) is 7.74. The minimum absolute atomic E-state index is 0.523. The number of ether oxygens (including phenoxy) is 1. The lowest BCUT2D eigenvalue weighted by Gasteiger charge is -2.31. The van der Waals surface area contributed by atoms with Gasteiger partial charge in [-0.25, -0.2) is 0 Å². The van der Waals surface area contributed by atoms with E-state index in [-0.39, 0.29) is 0 Å². The molecule has 0 aliphatic heterocycles. The van der Waals surface area contributed by atoms with Crippen LogP contribution in [-0.2, 0) is 4.74 Å². The Morgan fingerprint density at radius 3 is 2.39 bits per heavy atom. The minimum Gasteiger partial charge on any atom is -0.383 e. The Bertz CT molecular complexity index is 270. The van der Waals surface area contributed by atoms with Crippen LogP contribution in [0.15, 0.2) is 0 Å². The molecule has 2 saturated carbocycles. The predicted octanol–water partition coefficient (Wildman–Crippen LogP) is 3.47. The molecule has 1 N–H and O–H groups in total. The highest BCUT2D eigenvalue weighted by atomic mass is 16.5. The van der Waals surface area contributed by atoms with Crippen molar-refractivity contribution in [3.63, 3.8) is 0 Å². The normalized spacial score (nSPS) is 35.7. The molecule has 0 saturated heterocycles. The van der Waals surface area contributed by atoms with Gasteiger partial charge in [-0.1, -0.05) is 40.0 Å². The molecule has 18 heavy (non-hydrogen) atoms. The highest BCUT2D eigenvalue weighted by molar-refractivity contribution is 5.18. The lowest BCUT2D eigenvalue weighted by Crippen LogP contribution is -2.26. The summed E-state index contributed by atoms with van der Waals surface area (Å²) in [6, 6.07) is 0. The molecule has 2 aliphatic carbocycles. The van der Waals surface area contributed by atoms with Crippen LogP contribution in [0.25, 0.3) is 0 Å². The molecule has 2 atom stereocenters. The smallest absolute Gasteiger partial charge is 0.0587 e. The van der Waals surface area contributed by atoms with Gasteiger partial charge in [0, 0.05) is 13.7 Å². The maximum atomic E-state index is 5.10.